The zero-order valence-electron chi connectivity index (χ0n) is 13.0. The molecule has 0 atom stereocenters. The van der Waals surface area contributed by atoms with E-state index in [1.165, 1.54) is 19.2 Å². The minimum atomic E-state index is -0.315. The van der Waals surface area contributed by atoms with E-state index in [1.807, 2.05) is 6.07 Å². The highest BCUT2D eigenvalue weighted by atomic mass is 32.1. The van der Waals surface area contributed by atoms with Crippen molar-refractivity contribution in [1.82, 2.24) is 0 Å². The number of hydrogen-bond donors (Lipinski definition) is 1. The van der Waals surface area contributed by atoms with Gasteiger partial charge in [-0.15, -0.1) is 0 Å². The predicted molar refractivity (Wildman–Crippen MR) is 94.1 cm³/mol. The molecule has 0 fully saturated rings. The van der Waals surface area contributed by atoms with Crippen molar-refractivity contribution < 1.29 is 13.9 Å². The second kappa shape index (κ2) is 8.09. The van der Waals surface area contributed by atoms with Crippen LogP contribution in [-0.4, -0.2) is 12.1 Å². The molecular weight excluding hydrogens is 327 g/mol. The third-order valence-corrected chi connectivity index (χ3v) is 3.39. The van der Waals surface area contributed by atoms with Gasteiger partial charge in [-0.3, -0.25) is 0 Å². The molecule has 0 unspecified atom stereocenters. The lowest BCUT2D eigenvalue weighted by molar-refractivity contribution is 0.284. The van der Waals surface area contributed by atoms with Gasteiger partial charge in [0.05, 0.1) is 12.7 Å². The number of ether oxygens (including phenoxy) is 2. The smallest absolute Gasteiger partial charge is 0.161 e. The maximum absolute atomic E-state index is 13.2. The molecule has 0 saturated carbocycles. The molecule has 24 heavy (non-hydrogen) atoms. The monoisotopic (exact) mass is 342 g/mol. The van der Waals surface area contributed by atoms with Gasteiger partial charge >= 0.3 is 0 Å². The van der Waals surface area contributed by atoms with Crippen LogP contribution in [0.15, 0.2) is 48.0 Å². The molecule has 0 saturated heterocycles. The largest absolute Gasteiger partial charge is 0.493 e. The Labute approximate surface area is 144 Å². The molecule has 0 heterocycles. The summed E-state index contributed by atoms with van der Waals surface area (Å²) in [5, 5.41) is 9.00. The Bertz CT molecular complexity index is 828. The van der Waals surface area contributed by atoms with E-state index in [0.717, 1.165) is 0 Å². The number of nitrogens with zero attached hydrogens (tertiary/aromatic N) is 1. The third-order valence-electron chi connectivity index (χ3n) is 3.17. The van der Waals surface area contributed by atoms with E-state index in [-0.39, 0.29) is 23.0 Å². The Hall–Kier alpha value is -2.91. The van der Waals surface area contributed by atoms with Crippen LogP contribution < -0.4 is 15.2 Å². The van der Waals surface area contributed by atoms with Crippen molar-refractivity contribution >= 4 is 23.3 Å². The minimum Gasteiger partial charge on any atom is -0.493 e. The van der Waals surface area contributed by atoms with E-state index < -0.39 is 0 Å². The van der Waals surface area contributed by atoms with E-state index in [9.17, 15) is 4.39 Å². The quantitative estimate of drug-likeness (QED) is 0.493. The topological polar surface area (TPSA) is 68.3 Å². The van der Waals surface area contributed by atoms with Crippen LogP contribution in [0.2, 0.25) is 0 Å². The summed E-state index contributed by atoms with van der Waals surface area (Å²) in [6.45, 7) is 0.208. The van der Waals surface area contributed by atoms with Gasteiger partial charge in [0, 0.05) is 0 Å². The number of rotatable bonds is 6. The van der Waals surface area contributed by atoms with Crippen LogP contribution in [0.5, 0.6) is 11.5 Å². The minimum absolute atomic E-state index is 0.0305. The van der Waals surface area contributed by atoms with Crippen molar-refractivity contribution in [3.8, 4) is 17.6 Å². The molecule has 0 spiro atoms. The normalized spacial score (nSPS) is 10.8. The number of halogens is 1. The van der Waals surface area contributed by atoms with Crippen LogP contribution >= 0.6 is 12.2 Å². The summed E-state index contributed by atoms with van der Waals surface area (Å²) in [5.74, 6) is 0.679. The predicted octanol–water partition coefficient (Wildman–Crippen LogP) is 3.61. The van der Waals surface area contributed by atoms with Gasteiger partial charge in [-0.25, -0.2) is 4.39 Å². The van der Waals surface area contributed by atoms with Gasteiger partial charge in [-0.1, -0.05) is 30.4 Å². The van der Waals surface area contributed by atoms with Crippen molar-refractivity contribution in [2.75, 3.05) is 7.11 Å². The fourth-order valence-electron chi connectivity index (χ4n) is 2.01. The van der Waals surface area contributed by atoms with Crippen LogP contribution in [0, 0.1) is 17.1 Å². The number of methoxy groups -OCH3 is 1. The number of nitriles is 1. The molecule has 0 bridgehead atoms. The lowest BCUT2D eigenvalue weighted by atomic mass is 10.1. The van der Waals surface area contributed by atoms with Crippen LogP contribution in [0.1, 0.15) is 11.1 Å². The van der Waals surface area contributed by atoms with Gasteiger partial charge in [-0.2, -0.15) is 5.26 Å². The number of hydrogen-bond acceptors (Lipinski definition) is 4. The van der Waals surface area contributed by atoms with Crippen molar-refractivity contribution in [3.05, 3.63) is 65.0 Å². The van der Waals surface area contributed by atoms with Crippen LogP contribution in [0.3, 0.4) is 0 Å². The number of thiocarbonyl (C=S) groups is 1. The van der Waals surface area contributed by atoms with Gasteiger partial charge in [0.25, 0.3) is 0 Å². The van der Waals surface area contributed by atoms with Gasteiger partial charge in [0.15, 0.2) is 11.5 Å². The van der Waals surface area contributed by atoms with E-state index in [2.05, 4.69) is 0 Å². The Kier molecular flexibility index (Phi) is 5.88. The molecule has 0 aromatic heterocycles. The summed E-state index contributed by atoms with van der Waals surface area (Å²) >= 11 is 4.81. The first-order valence-corrected chi connectivity index (χ1v) is 7.41. The molecule has 2 N–H and O–H groups in total. The Morgan fingerprint density at radius 3 is 2.71 bits per heavy atom. The lowest BCUT2D eigenvalue weighted by Gasteiger charge is -2.11. The highest BCUT2D eigenvalue weighted by Crippen LogP contribution is 2.29. The van der Waals surface area contributed by atoms with Crippen LogP contribution in [-0.2, 0) is 6.61 Å². The molecule has 0 radical (unpaired) electrons. The van der Waals surface area contributed by atoms with E-state index >= 15 is 0 Å². The zero-order valence-corrected chi connectivity index (χ0v) is 13.8. The fraction of sp³-hybridized carbons (Fsp3) is 0.111. The Balaban J connectivity index is 2.20. The first-order chi connectivity index (χ1) is 11.5. The van der Waals surface area contributed by atoms with Crippen molar-refractivity contribution in [2.45, 2.75) is 6.61 Å². The Morgan fingerprint density at radius 2 is 2.08 bits per heavy atom. The van der Waals surface area contributed by atoms with Crippen molar-refractivity contribution in [2.24, 2.45) is 5.73 Å². The summed E-state index contributed by atoms with van der Waals surface area (Å²) in [7, 11) is 1.51. The molecule has 4 nitrogen and oxygen atoms in total. The first-order valence-electron chi connectivity index (χ1n) is 7.00. The highest BCUT2D eigenvalue weighted by Gasteiger charge is 2.07. The maximum Gasteiger partial charge on any atom is 0.161 e. The van der Waals surface area contributed by atoms with Gasteiger partial charge < -0.3 is 15.2 Å². The van der Waals surface area contributed by atoms with E-state index in [4.69, 9.17) is 32.7 Å². The molecular formula is C18H15FN2O2S. The summed E-state index contributed by atoms with van der Waals surface area (Å²) in [4.78, 5) is 0.0305. The van der Waals surface area contributed by atoms with Gasteiger partial charge in [0.1, 0.15) is 23.5 Å². The second-order valence-corrected chi connectivity index (χ2v) is 5.30. The fourth-order valence-corrected chi connectivity index (χ4v) is 2.11. The molecule has 2 aromatic carbocycles. The maximum atomic E-state index is 13.2. The standard InChI is InChI=1S/C18H15FN2O2S/c1-22-17-9-12(7-14(10-20)18(21)24)5-6-16(17)23-11-13-3-2-4-15(19)8-13/h2-9H,11H2,1H3,(H2,21,24). The summed E-state index contributed by atoms with van der Waals surface area (Å²) < 4.78 is 24.2. The van der Waals surface area contributed by atoms with E-state index in [1.54, 1.807) is 36.4 Å². The summed E-state index contributed by atoms with van der Waals surface area (Å²) in [6, 6.07) is 13.3. The highest BCUT2D eigenvalue weighted by molar-refractivity contribution is 7.80. The van der Waals surface area contributed by atoms with Crippen LogP contribution in [0.25, 0.3) is 6.08 Å². The molecule has 0 aliphatic rings. The van der Waals surface area contributed by atoms with Crippen LogP contribution in [0.4, 0.5) is 4.39 Å². The molecule has 0 amide bonds. The average molecular weight is 342 g/mol. The zero-order chi connectivity index (χ0) is 17.5. The second-order valence-electron chi connectivity index (χ2n) is 4.86. The Morgan fingerprint density at radius 1 is 1.29 bits per heavy atom. The van der Waals surface area contributed by atoms with E-state index in [0.29, 0.717) is 22.6 Å². The average Bonchev–Trinajstić information content (AvgIpc) is 2.58. The molecule has 0 aliphatic carbocycles. The molecule has 2 aromatic rings. The van der Waals surface area contributed by atoms with Gasteiger partial charge in [0.2, 0.25) is 0 Å². The molecule has 2 rings (SSSR count). The number of benzene rings is 2. The van der Waals surface area contributed by atoms with Crippen molar-refractivity contribution in [1.29, 1.82) is 5.26 Å². The summed E-state index contributed by atoms with van der Waals surface area (Å²) in [5.41, 5.74) is 7.10. The molecule has 122 valence electrons. The third kappa shape index (κ3) is 4.54. The SMILES string of the molecule is COc1cc(C=C(C#N)C(N)=S)ccc1OCc1cccc(F)c1. The van der Waals surface area contributed by atoms with Crippen molar-refractivity contribution in [3.63, 3.8) is 0 Å². The summed E-state index contributed by atoms with van der Waals surface area (Å²) in [6.07, 6.45) is 1.57. The lowest BCUT2D eigenvalue weighted by Crippen LogP contribution is -2.09. The molecule has 0 aliphatic heterocycles. The number of nitrogens with two attached hydrogens (primary N) is 1. The first kappa shape index (κ1) is 17.4. The molecule has 6 heteroatoms. The van der Waals surface area contributed by atoms with Gasteiger partial charge in [-0.05, 0) is 41.5 Å².